The minimum absolute atomic E-state index is 0.151. The molecule has 1 aromatic heterocycles. The van der Waals surface area contributed by atoms with E-state index in [1.54, 1.807) is 12.1 Å². The van der Waals surface area contributed by atoms with Crippen LogP contribution in [0.15, 0.2) is 28.7 Å². The molecule has 118 valence electrons. The van der Waals surface area contributed by atoms with Gasteiger partial charge in [0, 0.05) is 24.6 Å². The van der Waals surface area contributed by atoms with Gasteiger partial charge in [0.15, 0.2) is 0 Å². The van der Waals surface area contributed by atoms with Crippen LogP contribution < -0.4 is 10.6 Å². The van der Waals surface area contributed by atoms with Crippen LogP contribution in [0.5, 0.6) is 0 Å². The van der Waals surface area contributed by atoms with E-state index in [0.717, 1.165) is 0 Å². The molecule has 23 heavy (non-hydrogen) atoms. The number of nitriles is 1. The van der Waals surface area contributed by atoms with Gasteiger partial charge in [0.05, 0.1) is 0 Å². The third-order valence-corrected chi connectivity index (χ3v) is 3.97. The molecule has 0 radical (unpaired) electrons. The normalized spacial score (nSPS) is 15.4. The van der Waals surface area contributed by atoms with Gasteiger partial charge in [-0.25, -0.2) is 4.39 Å². The number of carbonyl (C=O) groups excluding carboxylic acids is 1. The molecule has 1 aromatic carbocycles. The summed E-state index contributed by atoms with van der Waals surface area (Å²) < 4.78 is 19.0. The number of nitrogens with two attached hydrogens (primary N) is 1. The Balaban J connectivity index is 1.86. The van der Waals surface area contributed by atoms with Crippen LogP contribution in [-0.2, 0) is 4.79 Å². The van der Waals surface area contributed by atoms with Crippen LogP contribution in [-0.4, -0.2) is 24.0 Å². The van der Waals surface area contributed by atoms with Crippen molar-refractivity contribution in [2.24, 2.45) is 11.7 Å². The van der Waals surface area contributed by atoms with Gasteiger partial charge in [-0.15, -0.1) is 0 Å². The Morgan fingerprint density at radius 3 is 2.78 bits per heavy atom. The van der Waals surface area contributed by atoms with Crippen LogP contribution in [0.25, 0.3) is 11.5 Å². The highest BCUT2D eigenvalue weighted by Gasteiger charge is 2.27. The summed E-state index contributed by atoms with van der Waals surface area (Å²) in [6.07, 6.45) is 1.21. The maximum atomic E-state index is 13.3. The average molecular weight is 314 g/mol. The average Bonchev–Trinajstić information content (AvgIpc) is 2.99. The van der Waals surface area contributed by atoms with Crippen LogP contribution >= 0.6 is 0 Å². The zero-order valence-electron chi connectivity index (χ0n) is 12.3. The first kappa shape index (κ1) is 15.0. The molecule has 0 aliphatic carbocycles. The van der Waals surface area contributed by atoms with Crippen LogP contribution in [0.4, 0.5) is 10.3 Å². The molecule has 3 rings (SSSR count). The Hall–Kier alpha value is -2.88. The molecule has 6 nitrogen and oxygen atoms in total. The molecule has 0 unspecified atom stereocenters. The summed E-state index contributed by atoms with van der Waals surface area (Å²) in [6.45, 7) is 1.11. The van der Waals surface area contributed by atoms with Crippen molar-refractivity contribution in [2.75, 3.05) is 18.0 Å². The molecule has 1 aliphatic rings. The van der Waals surface area contributed by atoms with E-state index in [4.69, 9.17) is 10.2 Å². The molecule has 7 heteroatoms. The quantitative estimate of drug-likeness (QED) is 0.935. The summed E-state index contributed by atoms with van der Waals surface area (Å²) in [5.74, 6) is -0.295. The van der Waals surface area contributed by atoms with E-state index in [0.29, 0.717) is 37.4 Å². The van der Waals surface area contributed by atoms with E-state index < -0.39 is 5.82 Å². The number of carbonyl (C=O) groups is 1. The fraction of sp³-hybridized carbons (Fsp3) is 0.312. The Morgan fingerprint density at radius 1 is 1.43 bits per heavy atom. The van der Waals surface area contributed by atoms with Gasteiger partial charge in [0.1, 0.15) is 11.9 Å². The second-order valence-electron chi connectivity index (χ2n) is 5.46. The number of halogens is 1. The molecule has 1 fully saturated rings. The zero-order valence-corrected chi connectivity index (χ0v) is 12.3. The third-order valence-electron chi connectivity index (χ3n) is 3.97. The summed E-state index contributed by atoms with van der Waals surface area (Å²) in [4.78, 5) is 17.2. The summed E-state index contributed by atoms with van der Waals surface area (Å²) in [6, 6.07) is 7.85. The van der Waals surface area contributed by atoms with Crippen LogP contribution in [0.3, 0.4) is 0 Å². The standard InChI is InChI=1S/C16H15FN4O2/c17-12-3-1-2-11(8-12)15-20-13(9-18)16(23-15)21-6-4-10(5-7-21)14(19)22/h1-3,8,10H,4-7H2,(H2,19,22). The predicted octanol–water partition coefficient (Wildman–Crippen LogP) is 2.05. The third kappa shape index (κ3) is 3.01. The first-order valence-corrected chi connectivity index (χ1v) is 7.29. The number of piperidine rings is 1. The molecule has 2 heterocycles. The van der Waals surface area contributed by atoms with Crippen molar-refractivity contribution in [3.05, 3.63) is 35.8 Å². The molecule has 1 aliphatic heterocycles. The second-order valence-corrected chi connectivity index (χ2v) is 5.46. The lowest BCUT2D eigenvalue weighted by Crippen LogP contribution is -2.38. The van der Waals surface area contributed by atoms with Crippen molar-refractivity contribution in [3.8, 4) is 17.5 Å². The van der Waals surface area contributed by atoms with E-state index in [1.165, 1.54) is 12.1 Å². The van der Waals surface area contributed by atoms with Crippen molar-refractivity contribution in [1.29, 1.82) is 5.26 Å². The highest BCUT2D eigenvalue weighted by molar-refractivity contribution is 5.77. The predicted molar refractivity (Wildman–Crippen MR) is 80.7 cm³/mol. The largest absolute Gasteiger partial charge is 0.419 e. The number of hydrogen-bond acceptors (Lipinski definition) is 5. The van der Waals surface area contributed by atoms with E-state index in [1.807, 2.05) is 11.0 Å². The van der Waals surface area contributed by atoms with Gasteiger partial charge in [-0.1, -0.05) is 6.07 Å². The number of rotatable bonds is 3. The number of oxazole rings is 1. The maximum Gasteiger partial charge on any atom is 0.235 e. The molecule has 0 bridgehead atoms. The Morgan fingerprint density at radius 2 is 2.17 bits per heavy atom. The minimum Gasteiger partial charge on any atom is -0.419 e. The second kappa shape index (κ2) is 6.08. The summed E-state index contributed by atoms with van der Waals surface area (Å²) >= 11 is 0. The van der Waals surface area contributed by atoms with Gasteiger partial charge in [0.2, 0.25) is 23.4 Å². The highest BCUT2D eigenvalue weighted by atomic mass is 19.1. The molecule has 2 aromatic rings. The van der Waals surface area contributed by atoms with E-state index in [9.17, 15) is 14.4 Å². The van der Waals surface area contributed by atoms with Gasteiger partial charge in [0.25, 0.3) is 0 Å². The number of hydrogen-bond donors (Lipinski definition) is 1. The first-order chi connectivity index (χ1) is 11.1. The minimum atomic E-state index is -0.400. The molecule has 0 saturated carbocycles. The van der Waals surface area contributed by atoms with Gasteiger partial charge in [-0.05, 0) is 31.0 Å². The van der Waals surface area contributed by atoms with Gasteiger partial charge in [-0.2, -0.15) is 10.2 Å². The molecule has 1 saturated heterocycles. The molecule has 0 spiro atoms. The van der Waals surface area contributed by atoms with Crippen molar-refractivity contribution in [2.45, 2.75) is 12.8 Å². The van der Waals surface area contributed by atoms with Crippen molar-refractivity contribution >= 4 is 11.8 Å². The number of anilines is 1. The Kier molecular flexibility index (Phi) is 3.98. The van der Waals surface area contributed by atoms with Crippen LogP contribution in [0.2, 0.25) is 0 Å². The molecular weight excluding hydrogens is 299 g/mol. The van der Waals surface area contributed by atoms with Crippen molar-refractivity contribution < 1.29 is 13.6 Å². The first-order valence-electron chi connectivity index (χ1n) is 7.29. The van der Waals surface area contributed by atoms with Crippen molar-refractivity contribution in [1.82, 2.24) is 4.98 Å². The fourth-order valence-corrected chi connectivity index (χ4v) is 2.71. The topological polar surface area (TPSA) is 96.2 Å². The number of primary amides is 1. The fourth-order valence-electron chi connectivity index (χ4n) is 2.71. The van der Waals surface area contributed by atoms with E-state index in [2.05, 4.69) is 4.98 Å². The molecular formula is C16H15FN4O2. The zero-order chi connectivity index (χ0) is 16.4. The SMILES string of the molecule is N#Cc1nc(-c2cccc(F)c2)oc1N1CCC(C(N)=O)CC1. The summed E-state index contributed by atoms with van der Waals surface area (Å²) in [5.41, 5.74) is 5.95. The maximum absolute atomic E-state index is 13.3. The highest BCUT2D eigenvalue weighted by Crippen LogP contribution is 2.31. The molecule has 0 atom stereocenters. The van der Waals surface area contributed by atoms with Crippen molar-refractivity contribution in [3.63, 3.8) is 0 Å². The van der Waals surface area contributed by atoms with Crippen LogP contribution in [0.1, 0.15) is 18.5 Å². The summed E-state index contributed by atoms with van der Waals surface area (Å²) in [5, 5.41) is 9.26. The van der Waals surface area contributed by atoms with Gasteiger partial charge in [-0.3, -0.25) is 4.79 Å². The smallest absolute Gasteiger partial charge is 0.235 e. The number of amides is 1. The number of nitrogens with zero attached hydrogens (tertiary/aromatic N) is 3. The molecule has 2 N–H and O–H groups in total. The lowest BCUT2D eigenvalue weighted by molar-refractivity contribution is -0.122. The number of aromatic nitrogens is 1. The van der Waals surface area contributed by atoms with Gasteiger partial charge >= 0.3 is 0 Å². The number of benzene rings is 1. The Bertz CT molecular complexity index is 773. The summed E-state index contributed by atoms with van der Waals surface area (Å²) in [7, 11) is 0. The lowest BCUT2D eigenvalue weighted by atomic mass is 9.96. The van der Waals surface area contributed by atoms with Gasteiger partial charge < -0.3 is 15.1 Å². The monoisotopic (exact) mass is 314 g/mol. The van der Waals surface area contributed by atoms with Crippen LogP contribution in [0, 0.1) is 23.1 Å². The molecule has 1 amide bonds. The lowest BCUT2D eigenvalue weighted by Gasteiger charge is -2.30. The Labute approximate surface area is 132 Å². The van der Waals surface area contributed by atoms with E-state index in [-0.39, 0.29) is 23.4 Å². The van der Waals surface area contributed by atoms with E-state index >= 15 is 0 Å².